The molecule has 7 atom stereocenters. The van der Waals surface area contributed by atoms with E-state index in [4.69, 9.17) is 9.47 Å². The quantitative estimate of drug-likeness (QED) is 0.0261. The molecule has 0 saturated carbocycles. The van der Waals surface area contributed by atoms with E-state index in [9.17, 15) is 30.3 Å². The van der Waals surface area contributed by atoms with Crippen LogP contribution in [0.5, 0.6) is 0 Å². The second kappa shape index (κ2) is 63.9. The van der Waals surface area contributed by atoms with Gasteiger partial charge in [-0.15, -0.1) is 0 Å². The summed E-state index contributed by atoms with van der Waals surface area (Å²) in [4.78, 5) is 13.1. The average molecular weight is 1180 g/mol. The van der Waals surface area contributed by atoms with Crippen molar-refractivity contribution in [1.29, 1.82) is 0 Å². The lowest BCUT2D eigenvalue weighted by Crippen LogP contribution is -2.60. The van der Waals surface area contributed by atoms with Crippen molar-refractivity contribution < 1.29 is 39.8 Å². The van der Waals surface area contributed by atoms with Crippen molar-refractivity contribution in [3.05, 3.63) is 60.8 Å². The van der Waals surface area contributed by atoms with E-state index in [1.807, 2.05) is 6.08 Å². The molecular formula is C75H139NO8. The van der Waals surface area contributed by atoms with Gasteiger partial charge in [-0.05, 0) is 57.8 Å². The fourth-order valence-electron chi connectivity index (χ4n) is 11.7. The predicted molar refractivity (Wildman–Crippen MR) is 359 cm³/mol. The van der Waals surface area contributed by atoms with Crippen LogP contribution < -0.4 is 5.32 Å². The van der Waals surface area contributed by atoms with Gasteiger partial charge in [-0.25, -0.2) is 0 Å². The standard InChI is InChI=1S/C75H139NO8/c1-3-5-7-9-11-13-15-17-19-21-23-25-27-29-30-31-32-33-34-35-36-37-38-39-40-41-43-45-47-49-51-53-55-57-59-61-63-65-71(79)76-68(67-83-75-74(82)73(81)72(80)70(66-77)84-75)69(78)64-62-60-58-56-54-52-50-48-46-44-42-28-26-24-22-20-18-16-14-12-10-8-6-4-2/h5,7,11,13,17,19,23,25,62,64,68-70,72-75,77-78,80-82H,3-4,6,8-10,12,14-16,18,20-22,24,26-61,63,65-67H2,1-2H3,(H,76,79)/b7-5-,13-11-,19-17-,25-23-,64-62+. The van der Waals surface area contributed by atoms with Gasteiger partial charge in [0, 0.05) is 6.42 Å². The zero-order valence-electron chi connectivity index (χ0n) is 55.2. The topological polar surface area (TPSA) is 149 Å². The summed E-state index contributed by atoms with van der Waals surface area (Å²) >= 11 is 0. The molecule has 84 heavy (non-hydrogen) atoms. The summed E-state index contributed by atoms with van der Waals surface area (Å²) in [5.74, 6) is -0.170. The second-order valence-electron chi connectivity index (χ2n) is 25.4. The number of rotatable bonds is 64. The van der Waals surface area contributed by atoms with Crippen LogP contribution in [0, 0.1) is 0 Å². The lowest BCUT2D eigenvalue weighted by molar-refractivity contribution is -0.302. The van der Waals surface area contributed by atoms with E-state index in [0.29, 0.717) is 6.42 Å². The molecule has 0 aromatic rings. The van der Waals surface area contributed by atoms with E-state index < -0.39 is 49.5 Å². The first-order valence-corrected chi connectivity index (χ1v) is 36.5. The Morgan fingerprint density at radius 3 is 1.10 bits per heavy atom. The molecule has 6 N–H and O–H groups in total. The van der Waals surface area contributed by atoms with Crippen molar-refractivity contribution in [3.63, 3.8) is 0 Å². The van der Waals surface area contributed by atoms with Crippen LogP contribution in [0.2, 0.25) is 0 Å². The van der Waals surface area contributed by atoms with Crippen LogP contribution in [0.1, 0.15) is 354 Å². The van der Waals surface area contributed by atoms with E-state index in [1.165, 1.54) is 270 Å². The zero-order valence-corrected chi connectivity index (χ0v) is 55.2. The van der Waals surface area contributed by atoms with E-state index in [1.54, 1.807) is 6.08 Å². The van der Waals surface area contributed by atoms with Gasteiger partial charge in [0.1, 0.15) is 24.4 Å². The molecule has 1 rings (SSSR count). The highest BCUT2D eigenvalue weighted by Gasteiger charge is 2.44. The highest BCUT2D eigenvalue weighted by atomic mass is 16.7. The number of hydrogen-bond acceptors (Lipinski definition) is 8. The fourth-order valence-corrected chi connectivity index (χ4v) is 11.7. The Balaban J connectivity index is 2.08. The van der Waals surface area contributed by atoms with Crippen LogP contribution in [0.25, 0.3) is 0 Å². The van der Waals surface area contributed by atoms with E-state index in [2.05, 4.69) is 67.8 Å². The molecule has 1 aliphatic rings. The Morgan fingerprint density at radius 1 is 0.417 bits per heavy atom. The summed E-state index contributed by atoms with van der Waals surface area (Å²) in [5, 5.41) is 54.8. The van der Waals surface area contributed by atoms with E-state index in [-0.39, 0.29) is 12.5 Å². The molecule has 0 aliphatic carbocycles. The number of allylic oxidation sites excluding steroid dienone is 9. The SMILES string of the molecule is CC/C=C\C/C=C\C/C=C\C/C=C\CCCCCCCCCCCCCCCCCCCCCCCCCCC(=O)NC(COC1OC(CO)C(O)C(O)C1O)C(O)/C=C/CCCCCCCCCCCCCCCCCCCCCCCC. The first kappa shape index (κ1) is 79.9. The Kier molecular flexibility index (Phi) is 60.8. The Morgan fingerprint density at radius 2 is 0.738 bits per heavy atom. The molecule has 1 saturated heterocycles. The van der Waals surface area contributed by atoms with Gasteiger partial charge in [0.2, 0.25) is 5.91 Å². The van der Waals surface area contributed by atoms with E-state index >= 15 is 0 Å². The number of hydrogen-bond donors (Lipinski definition) is 6. The number of carbonyl (C=O) groups excluding carboxylic acids is 1. The molecule has 1 amide bonds. The predicted octanol–water partition coefficient (Wildman–Crippen LogP) is 20.1. The molecule has 7 unspecified atom stereocenters. The third kappa shape index (κ3) is 51.9. The molecule has 492 valence electrons. The van der Waals surface area contributed by atoms with Crippen LogP contribution >= 0.6 is 0 Å². The molecule has 9 nitrogen and oxygen atoms in total. The molecule has 0 spiro atoms. The molecule has 1 aliphatic heterocycles. The van der Waals surface area contributed by atoms with Gasteiger partial charge < -0.3 is 40.3 Å². The summed E-state index contributed by atoms with van der Waals surface area (Å²) in [7, 11) is 0. The molecule has 0 bridgehead atoms. The van der Waals surface area contributed by atoms with Gasteiger partial charge in [-0.2, -0.15) is 0 Å². The molecule has 0 aromatic heterocycles. The van der Waals surface area contributed by atoms with Gasteiger partial charge in [0.05, 0.1) is 25.4 Å². The van der Waals surface area contributed by atoms with Gasteiger partial charge in [-0.1, -0.05) is 351 Å². The number of aliphatic hydroxyl groups excluding tert-OH is 5. The Labute approximate surface area is 519 Å². The van der Waals surface area contributed by atoms with Gasteiger partial charge in [-0.3, -0.25) is 4.79 Å². The summed E-state index contributed by atoms with van der Waals surface area (Å²) in [5.41, 5.74) is 0. The van der Waals surface area contributed by atoms with Gasteiger partial charge in [0.15, 0.2) is 6.29 Å². The summed E-state index contributed by atoms with van der Waals surface area (Å²) in [6.07, 6.45) is 82.0. The first-order chi connectivity index (χ1) is 41.3. The highest BCUT2D eigenvalue weighted by molar-refractivity contribution is 5.76. The molecule has 0 aromatic carbocycles. The number of nitrogens with one attached hydrogen (secondary N) is 1. The molecular weight excluding hydrogens is 1040 g/mol. The molecule has 9 heteroatoms. The second-order valence-corrected chi connectivity index (χ2v) is 25.4. The van der Waals surface area contributed by atoms with Crippen molar-refractivity contribution >= 4 is 5.91 Å². The summed E-state index contributed by atoms with van der Waals surface area (Å²) in [6, 6.07) is -0.806. The summed E-state index contributed by atoms with van der Waals surface area (Å²) in [6.45, 7) is 3.72. The van der Waals surface area contributed by atoms with Crippen molar-refractivity contribution in [2.24, 2.45) is 0 Å². The number of unbranched alkanes of at least 4 members (excludes halogenated alkanes) is 46. The normalized spacial score (nSPS) is 18.5. The lowest BCUT2D eigenvalue weighted by Gasteiger charge is -2.40. The lowest BCUT2D eigenvalue weighted by atomic mass is 9.99. The fraction of sp³-hybridized carbons (Fsp3) is 0.853. The van der Waals surface area contributed by atoms with Crippen LogP contribution in [0.3, 0.4) is 0 Å². The van der Waals surface area contributed by atoms with Crippen molar-refractivity contribution in [2.45, 2.75) is 397 Å². The van der Waals surface area contributed by atoms with Crippen molar-refractivity contribution in [3.8, 4) is 0 Å². The maximum Gasteiger partial charge on any atom is 0.220 e. The van der Waals surface area contributed by atoms with Gasteiger partial charge in [0.25, 0.3) is 0 Å². The van der Waals surface area contributed by atoms with Crippen LogP contribution in [-0.4, -0.2) is 87.5 Å². The minimum atomic E-state index is -1.57. The number of ether oxygens (including phenoxy) is 2. The van der Waals surface area contributed by atoms with Gasteiger partial charge >= 0.3 is 0 Å². The van der Waals surface area contributed by atoms with Crippen LogP contribution in [0.4, 0.5) is 0 Å². The van der Waals surface area contributed by atoms with Crippen molar-refractivity contribution in [1.82, 2.24) is 5.32 Å². The highest BCUT2D eigenvalue weighted by Crippen LogP contribution is 2.24. The Hall–Kier alpha value is -2.11. The molecule has 1 heterocycles. The number of aliphatic hydroxyl groups is 5. The monoisotopic (exact) mass is 1180 g/mol. The minimum absolute atomic E-state index is 0.170. The largest absolute Gasteiger partial charge is 0.394 e. The number of amides is 1. The smallest absolute Gasteiger partial charge is 0.220 e. The summed E-state index contributed by atoms with van der Waals surface area (Å²) < 4.78 is 11.3. The maximum atomic E-state index is 13.1. The average Bonchev–Trinajstić information content (AvgIpc) is 3.70. The first-order valence-electron chi connectivity index (χ1n) is 36.5. The molecule has 0 radical (unpaired) electrons. The zero-order chi connectivity index (χ0) is 60.7. The maximum absolute atomic E-state index is 13.1. The molecule has 1 fully saturated rings. The van der Waals surface area contributed by atoms with Crippen LogP contribution in [-0.2, 0) is 14.3 Å². The van der Waals surface area contributed by atoms with Crippen molar-refractivity contribution in [2.75, 3.05) is 13.2 Å². The number of carbonyl (C=O) groups is 1. The third-order valence-electron chi connectivity index (χ3n) is 17.3. The minimum Gasteiger partial charge on any atom is -0.394 e. The third-order valence-corrected chi connectivity index (χ3v) is 17.3. The van der Waals surface area contributed by atoms with Crippen LogP contribution in [0.15, 0.2) is 60.8 Å². The van der Waals surface area contributed by atoms with E-state index in [0.717, 1.165) is 64.2 Å². The Bertz CT molecular complexity index is 1510.